The zero-order valence-electron chi connectivity index (χ0n) is 11.8. The maximum atomic E-state index is 6.07. The van der Waals surface area contributed by atoms with Gasteiger partial charge in [-0.1, -0.05) is 33.6 Å². The van der Waals surface area contributed by atoms with Gasteiger partial charge in [-0.15, -0.1) is 0 Å². The van der Waals surface area contributed by atoms with Crippen molar-refractivity contribution in [2.24, 2.45) is 11.8 Å². The third kappa shape index (κ3) is 3.45. The van der Waals surface area contributed by atoms with Gasteiger partial charge in [-0.05, 0) is 44.1 Å². The average molecular weight is 239 g/mol. The van der Waals surface area contributed by atoms with Crippen LogP contribution in [0, 0.1) is 11.8 Å². The van der Waals surface area contributed by atoms with Gasteiger partial charge in [0.05, 0.1) is 5.60 Å². The van der Waals surface area contributed by atoms with Gasteiger partial charge in [0.2, 0.25) is 0 Å². The molecule has 1 aliphatic carbocycles. The summed E-state index contributed by atoms with van der Waals surface area (Å²) in [5.74, 6) is 1.56. The van der Waals surface area contributed by atoms with Crippen molar-refractivity contribution in [1.29, 1.82) is 0 Å². The first-order chi connectivity index (χ1) is 8.11. The Bertz CT molecular complexity index is 233. The van der Waals surface area contributed by atoms with Crippen molar-refractivity contribution >= 4 is 0 Å². The van der Waals surface area contributed by atoms with E-state index in [0.29, 0.717) is 6.04 Å². The van der Waals surface area contributed by atoms with E-state index in [1.807, 2.05) is 0 Å². The largest absolute Gasteiger partial charge is 0.375 e. The van der Waals surface area contributed by atoms with Gasteiger partial charge in [0, 0.05) is 12.6 Å². The maximum absolute atomic E-state index is 6.07. The van der Waals surface area contributed by atoms with E-state index < -0.39 is 0 Å². The molecule has 100 valence electrons. The van der Waals surface area contributed by atoms with E-state index in [2.05, 4.69) is 26.1 Å². The lowest BCUT2D eigenvalue weighted by Gasteiger charge is -2.39. The molecule has 0 bridgehead atoms. The molecule has 2 atom stereocenters. The minimum Gasteiger partial charge on any atom is -0.375 e. The fourth-order valence-corrected chi connectivity index (χ4v) is 3.16. The van der Waals surface area contributed by atoms with Gasteiger partial charge in [-0.2, -0.15) is 0 Å². The van der Waals surface area contributed by atoms with Crippen molar-refractivity contribution in [2.75, 3.05) is 13.2 Å². The van der Waals surface area contributed by atoms with Crippen LogP contribution in [0.25, 0.3) is 0 Å². The fraction of sp³-hybridized carbons (Fsp3) is 1.00. The summed E-state index contributed by atoms with van der Waals surface area (Å²) in [5, 5.41) is 3.77. The van der Waals surface area contributed by atoms with Gasteiger partial charge in [0.15, 0.2) is 0 Å². The van der Waals surface area contributed by atoms with E-state index in [9.17, 15) is 0 Å². The lowest BCUT2D eigenvalue weighted by molar-refractivity contribution is -0.0839. The van der Waals surface area contributed by atoms with Crippen LogP contribution < -0.4 is 5.32 Å². The molecule has 1 spiro atoms. The summed E-state index contributed by atoms with van der Waals surface area (Å²) in [6, 6.07) is 0.697. The first-order valence-electron chi connectivity index (χ1n) is 7.49. The van der Waals surface area contributed by atoms with Crippen LogP contribution in [0.2, 0.25) is 0 Å². The number of hydrogen-bond donors (Lipinski definition) is 1. The van der Waals surface area contributed by atoms with Crippen molar-refractivity contribution in [1.82, 2.24) is 5.32 Å². The Kier molecular flexibility index (Phi) is 4.48. The van der Waals surface area contributed by atoms with Gasteiger partial charge in [0.1, 0.15) is 0 Å². The molecule has 2 heteroatoms. The summed E-state index contributed by atoms with van der Waals surface area (Å²) in [6.07, 6.45) is 7.78. The molecule has 1 saturated heterocycles. The Hall–Kier alpha value is -0.0800. The van der Waals surface area contributed by atoms with Crippen LogP contribution in [0.1, 0.15) is 59.3 Å². The molecule has 0 radical (unpaired) electrons. The summed E-state index contributed by atoms with van der Waals surface area (Å²) < 4.78 is 6.07. The van der Waals surface area contributed by atoms with E-state index >= 15 is 0 Å². The molecule has 1 aliphatic heterocycles. The SMILES string of the molecule is CC(C)C(C)CNC1CCOC2(CCCC2)C1. The van der Waals surface area contributed by atoms with E-state index in [1.54, 1.807) is 0 Å². The second-order valence-corrected chi connectivity index (χ2v) is 6.56. The Labute approximate surface area is 107 Å². The number of hydrogen-bond acceptors (Lipinski definition) is 2. The summed E-state index contributed by atoms with van der Waals surface area (Å²) in [5.41, 5.74) is 0.261. The Morgan fingerprint density at radius 1 is 1.24 bits per heavy atom. The van der Waals surface area contributed by atoms with Crippen LogP contribution in [0.3, 0.4) is 0 Å². The average Bonchev–Trinajstić information content (AvgIpc) is 2.74. The van der Waals surface area contributed by atoms with Gasteiger partial charge in [-0.3, -0.25) is 0 Å². The molecule has 0 amide bonds. The monoisotopic (exact) mass is 239 g/mol. The molecule has 2 fully saturated rings. The Morgan fingerprint density at radius 2 is 1.94 bits per heavy atom. The van der Waals surface area contributed by atoms with Gasteiger partial charge >= 0.3 is 0 Å². The zero-order chi connectivity index (χ0) is 12.3. The van der Waals surface area contributed by atoms with E-state index in [-0.39, 0.29) is 5.60 Å². The van der Waals surface area contributed by atoms with E-state index in [0.717, 1.165) is 18.4 Å². The zero-order valence-corrected chi connectivity index (χ0v) is 11.8. The third-order valence-electron chi connectivity index (χ3n) is 4.87. The van der Waals surface area contributed by atoms with Crippen LogP contribution in [0.15, 0.2) is 0 Å². The predicted octanol–water partition coefficient (Wildman–Crippen LogP) is 3.36. The molecular formula is C15H29NO. The van der Waals surface area contributed by atoms with E-state index in [4.69, 9.17) is 4.74 Å². The lowest BCUT2D eigenvalue weighted by atomic mass is 9.88. The molecule has 0 aromatic carbocycles. The van der Waals surface area contributed by atoms with Crippen LogP contribution in [0.4, 0.5) is 0 Å². The quantitative estimate of drug-likeness (QED) is 0.812. The second kappa shape index (κ2) is 5.71. The van der Waals surface area contributed by atoms with Crippen molar-refractivity contribution in [3.8, 4) is 0 Å². The highest BCUT2D eigenvalue weighted by Gasteiger charge is 2.39. The molecule has 1 saturated carbocycles. The predicted molar refractivity (Wildman–Crippen MR) is 72.2 cm³/mol. The number of ether oxygens (including phenoxy) is 1. The molecule has 1 heterocycles. The molecule has 2 nitrogen and oxygen atoms in total. The number of nitrogens with one attached hydrogen (secondary N) is 1. The van der Waals surface area contributed by atoms with Crippen LogP contribution >= 0.6 is 0 Å². The minimum atomic E-state index is 0.261. The molecule has 2 unspecified atom stereocenters. The van der Waals surface area contributed by atoms with Crippen LogP contribution in [-0.4, -0.2) is 24.8 Å². The smallest absolute Gasteiger partial charge is 0.0697 e. The highest BCUT2D eigenvalue weighted by Crippen LogP contribution is 2.39. The van der Waals surface area contributed by atoms with Crippen molar-refractivity contribution in [2.45, 2.75) is 70.9 Å². The molecule has 2 aliphatic rings. The molecular weight excluding hydrogens is 210 g/mol. The molecule has 2 rings (SSSR count). The van der Waals surface area contributed by atoms with Crippen LogP contribution in [0.5, 0.6) is 0 Å². The van der Waals surface area contributed by atoms with Gasteiger partial charge in [0.25, 0.3) is 0 Å². The standard InChI is InChI=1S/C15H29NO/c1-12(2)13(3)11-16-14-6-9-17-15(10-14)7-4-5-8-15/h12-14,16H,4-11H2,1-3H3. The minimum absolute atomic E-state index is 0.261. The highest BCUT2D eigenvalue weighted by molar-refractivity contribution is 4.93. The Balaban J connectivity index is 1.77. The summed E-state index contributed by atoms with van der Waals surface area (Å²) in [6.45, 7) is 9.11. The van der Waals surface area contributed by atoms with Crippen molar-refractivity contribution in [3.63, 3.8) is 0 Å². The topological polar surface area (TPSA) is 21.3 Å². The van der Waals surface area contributed by atoms with Crippen molar-refractivity contribution in [3.05, 3.63) is 0 Å². The summed E-state index contributed by atoms with van der Waals surface area (Å²) in [7, 11) is 0. The van der Waals surface area contributed by atoms with Gasteiger partial charge in [-0.25, -0.2) is 0 Å². The van der Waals surface area contributed by atoms with Crippen LogP contribution in [-0.2, 0) is 4.74 Å². The summed E-state index contributed by atoms with van der Waals surface area (Å²) in [4.78, 5) is 0. The first-order valence-corrected chi connectivity index (χ1v) is 7.49. The summed E-state index contributed by atoms with van der Waals surface area (Å²) >= 11 is 0. The second-order valence-electron chi connectivity index (χ2n) is 6.56. The van der Waals surface area contributed by atoms with Crippen molar-refractivity contribution < 1.29 is 4.74 Å². The normalized spacial score (nSPS) is 30.0. The molecule has 17 heavy (non-hydrogen) atoms. The fourth-order valence-electron chi connectivity index (χ4n) is 3.16. The maximum Gasteiger partial charge on any atom is 0.0697 e. The van der Waals surface area contributed by atoms with E-state index in [1.165, 1.54) is 45.1 Å². The first kappa shape index (κ1) is 13.4. The highest BCUT2D eigenvalue weighted by atomic mass is 16.5. The molecule has 1 N–H and O–H groups in total. The number of rotatable bonds is 4. The molecule has 0 aromatic heterocycles. The molecule has 0 aromatic rings. The van der Waals surface area contributed by atoms with Gasteiger partial charge < -0.3 is 10.1 Å². The lowest BCUT2D eigenvalue weighted by Crippen LogP contribution is -2.46. The third-order valence-corrected chi connectivity index (χ3v) is 4.87. The Morgan fingerprint density at radius 3 is 2.59 bits per heavy atom.